The number of allylic oxidation sites excluding steroid dienone is 2. The van der Waals surface area contributed by atoms with Crippen LogP contribution in [-0.4, -0.2) is 12.4 Å². The van der Waals surface area contributed by atoms with Crippen LogP contribution in [0.15, 0.2) is 72.8 Å². The van der Waals surface area contributed by atoms with Crippen LogP contribution < -0.4 is 4.74 Å². The third-order valence-corrected chi connectivity index (χ3v) is 3.09. The molecule has 2 rings (SSSR count). The van der Waals surface area contributed by atoms with Crippen LogP contribution in [0.5, 0.6) is 5.75 Å². The normalized spacial score (nSPS) is 11.1. The Balaban J connectivity index is 1.99. The van der Waals surface area contributed by atoms with Crippen LogP contribution in [0, 0.1) is 0 Å². The molecule has 2 aromatic rings. The molecule has 0 spiro atoms. The van der Waals surface area contributed by atoms with E-state index in [2.05, 4.69) is 13.0 Å². The second kappa shape index (κ2) is 8.63. The number of carbonyl (C=O) groups is 1. The molecule has 0 unspecified atom stereocenters. The summed E-state index contributed by atoms with van der Waals surface area (Å²) in [5, 5.41) is 0. The van der Waals surface area contributed by atoms with Crippen molar-refractivity contribution in [2.24, 2.45) is 0 Å². The Labute approximate surface area is 131 Å². The van der Waals surface area contributed by atoms with Gasteiger partial charge in [-0.15, -0.1) is 0 Å². The lowest BCUT2D eigenvalue weighted by Crippen LogP contribution is -1.94. The first kappa shape index (κ1) is 15.8. The fraction of sp³-hybridized carbons (Fsp3) is 0.150. The molecule has 0 aliphatic rings. The number of benzene rings is 2. The van der Waals surface area contributed by atoms with Gasteiger partial charge < -0.3 is 4.74 Å². The number of ketones is 1. The monoisotopic (exact) mass is 292 g/mol. The van der Waals surface area contributed by atoms with Gasteiger partial charge in [0.15, 0.2) is 5.78 Å². The molecule has 0 radical (unpaired) electrons. The van der Waals surface area contributed by atoms with Gasteiger partial charge >= 0.3 is 0 Å². The standard InChI is InChI=1S/C20H20O2/c1-2-3-7-15-22-19-12-8-9-17(16-19)13-14-20(21)18-10-5-4-6-11-18/h3-14,16H,2,15H2,1H3/b7-3+,14-13+. The predicted octanol–water partition coefficient (Wildman–Crippen LogP) is 4.93. The van der Waals surface area contributed by atoms with E-state index < -0.39 is 0 Å². The topological polar surface area (TPSA) is 26.3 Å². The summed E-state index contributed by atoms with van der Waals surface area (Å²) < 4.78 is 5.63. The van der Waals surface area contributed by atoms with Crippen molar-refractivity contribution < 1.29 is 9.53 Å². The van der Waals surface area contributed by atoms with Crippen molar-refractivity contribution in [2.45, 2.75) is 13.3 Å². The molecule has 0 aliphatic heterocycles. The molecular weight excluding hydrogens is 272 g/mol. The van der Waals surface area contributed by atoms with Crippen LogP contribution >= 0.6 is 0 Å². The summed E-state index contributed by atoms with van der Waals surface area (Å²) in [7, 11) is 0. The molecule has 0 amide bonds. The minimum Gasteiger partial charge on any atom is -0.490 e. The lowest BCUT2D eigenvalue weighted by molar-refractivity contribution is 0.104. The van der Waals surface area contributed by atoms with Crippen molar-refractivity contribution in [3.63, 3.8) is 0 Å². The summed E-state index contributed by atoms with van der Waals surface area (Å²) in [5.41, 5.74) is 1.64. The first-order valence-electron chi connectivity index (χ1n) is 7.45. The zero-order valence-corrected chi connectivity index (χ0v) is 12.7. The molecule has 0 fully saturated rings. The lowest BCUT2D eigenvalue weighted by atomic mass is 10.1. The number of ether oxygens (including phenoxy) is 1. The Bertz CT molecular complexity index is 654. The van der Waals surface area contributed by atoms with Gasteiger partial charge in [-0.25, -0.2) is 0 Å². The fourth-order valence-corrected chi connectivity index (χ4v) is 1.96. The minimum atomic E-state index is -0.00204. The first-order chi connectivity index (χ1) is 10.8. The fourth-order valence-electron chi connectivity index (χ4n) is 1.96. The van der Waals surface area contributed by atoms with E-state index in [0.29, 0.717) is 12.2 Å². The van der Waals surface area contributed by atoms with E-state index in [1.54, 1.807) is 6.08 Å². The summed E-state index contributed by atoms with van der Waals surface area (Å²) in [6.07, 6.45) is 8.48. The van der Waals surface area contributed by atoms with Crippen molar-refractivity contribution in [2.75, 3.05) is 6.61 Å². The quantitative estimate of drug-likeness (QED) is 0.411. The summed E-state index contributed by atoms with van der Waals surface area (Å²) in [6, 6.07) is 16.9. The van der Waals surface area contributed by atoms with Crippen LogP contribution in [0.1, 0.15) is 29.3 Å². The molecule has 112 valence electrons. The number of carbonyl (C=O) groups excluding carboxylic acids is 1. The van der Waals surface area contributed by atoms with Gasteiger partial charge in [0, 0.05) is 5.56 Å². The van der Waals surface area contributed by atoms with Gasteiger partial charge in [0.05, 0.1) is 0 Å². The number of hydrogen-bond acceptors (Lipinski definition) is 2. The maximum atomic E-state index is 12.0. The molecule has 0 aliphatic carbocycles. The van der Waals surface area contributed by atoms with Gasteiger partial charge in [0.1, 0.15) is 12.4 Å². The third-order valence-electron chi connectivity index (χ3n) is 3.09. The van der Waals surface area contributed by atoms with Gasteiger partial charge in [-0.05, 0) is 30.2 Å². The summed E-state index contributed by atoms with van der Waals surface area (Å²) in [5.74, 6) is 0.799. The molecule has 0 bridgehead atoms. The van der Waals surface area contributed by atoms with E-state index in [-0.39, 0.29) is 5.78 Å². The molecule has 0 aromatic heterocycles. The number of rotatable bonds is 7. The lowest BCUT2D eigenvalue weighted by Gasteiger charge is -2.03. The average molecular weight is 292 g/mol. The van der Waals surface area contributed by atoms with Gasteiger partial charge in [0.25, 0.3) is 0 Å². The van der Waals surface area contributed by atoms with Gasteiger partial charge in [-0.2, -0.15) is 0 Å². The van der Waals surface area contributed by atoms with Crippen LogP contribution in [0.4, 0.5) is 0 Å². The van der Waals surface area contributed by atoms with Gasteiger partial charge in [-0.3, -0.25) is 4.79 Å². The molecule has 0 N–H and O–H groups in total. The zero-order valence-electron chi connectivity index (χ0n) is 12.7. The molecule has 2 heteroatoms. The highest BCUT2D eigenvalue weighted by Gasteiger charge is 2.00. The second-order valence-electron chi connectivity index (χ2n) is 4.83. The summed E-state index contributed by atoms with van der Waals surface area (Å²) >= 11 is 0. The summed E-state index contributed by atoms with van der Waals surface area (Å²) in [4.78, 5) is 12.0. The van der Waals surface area contributed by atoms with Gasteiger partial charge in [-0.1, -0.05) is 67.6 Å². The molecule has 0 saturated carbocycles. The molecule has 0 heterocycles. The van der Waals surface area contributed by atoms with E-state index in [0.717, 1.165) is 17.7 Å². The molecule has 0 saturated heterocycles. The number of hydrogen-bond donors (Lipinski definition) is 0. The molecule has 2 aromatic carbocycles. The maximum absolute atomic E-state index is 12.0. The predicted molar refractivity (Wildman–Crippen MR) is 91.2 cm³/mol. The molecular formula is C20H20O2. The van der Waals surface area contributed by atoms with Crippen LogP contribution in [-0.2, 0) is 0 Å². The van der Waals surface area contributed by atoms with Crippen LogP contribution in [0.2, 0.25) is 0 Å². The molecule has 2 nitrogen and oxygen atoms in total. The van der Waals surface area contributed by atoms with Crippen molar-refractivity contribution in [1.82, 2.24) is 0 Å². The van der Waals surface area contributed by atoms with E-state index in [1.807, 2.05) is 66.7 Å². The second-order valence-corrected chi connectivity index (χ2v) is 4.83. The van der Waals surface area contributed by atoms with E-state index in [1.165, 1.54) is 0 Å². The minimum absolute atomic E-state index is 0.00204. The SMILES string of the molecule is CC/C=C/COc1cccc(/C=C/C(=O)c2ccccc2)c1. The van der Waals surface area contributed by atoms with Gasteiger partial charge in [0.2, 0.25) is 0 Å². The van der Waals surface area contributed by atoms with E-state index in [4.69, 9.17) is 4.74 Å². The van der Waals surface area contributed by atoms with Crippen LogP contribution in [0.3, 0.4) is 0 Å². The van der Waals surface area contributed by atoms with Crippen molar-refractivity contribution >= 4 is 11.9 Å². The Kier molecular flexibility index (Phi) is 6.18. The Hall–Kier alpha value is -2.61. The van der Waals surface area contributed by atoms with Crippen molar-refractivity contribution in [3.05, 3.63) is 84.0 Å². The van der Waals surface area contributed by atoms with E-state index >= 15 is 0 Å². The van der Waals surface area contributed by atoms with E-state index in [9.17, 15) is 4.79 Å². The highest BCUT2D eigenvalue weighted by Crippen LogP contribution is 2.15. The highest BCUT2D eigenvalue weighted by molar-refractivity contribution is 6.06. The Morgan fingerprint density at radius 1 is 1.05 bits per heavy atom. The molecule has 22 heavy (non-hydrogen) atoms. The third kappa shape index (κ3) is 5.06. The Morgan fingerprint density at radius 3 is 2.64 bits per heavy atom. The first-order valence-corrected chi connectivity index (χ1v) is 7.45. The smallest absolute Gasteiger partial charge is 0.185 e. The van der Waals surface area contributed by atoms with Crippen LogP contribution in [0.25, 0.3) is 6.08 Å². The summed E-state index contributed by atoms with van der Waals surface area (Å²) in [6.45, 7) is 2.65. The largest absolute Gasteiger partial charge is 0.490 e. The average Bonchev–Trinajstić information content (AvgIpc) is 2.58. The van der Waals surface area contributed by atoms with Crippen molar-refractivity contribution in [1.29, 1.82) is 0 Å². The molecule has 0 atom stereocenters. The Morgan fingerprint density at radius 2 is 1.86 bits per heavy atom. The zero-order chi connectivity index (χ0) is 15.6. The maximum Gasteiger partial charge on any atom is 0.185 e. The highest BCUT2D eigenvalue weighted by atomic mass is 16.5. The van der Waals surface area contributed by atoms with Crippen molar-refractivity contribution in [3.8, 4) is 5.75 Å².